The highest BCUT2D eigenvalue weighted by atomic mass is 19.4. The summed E-state index contributed by atoms with van der Waals surface area (Å²) in [6.45, 7) is 0.282. The molecule has 1 aromatic carbocycles. The van der Waals surface area contributed by atoms with E-state index in [1.807, 2.05) is 19.1 Å². The van der Waals surface area contributed by atoms with Crippen LogP contribution in [0.3, 0.4) is 0 Å². The van der Waals surface area contributed by atoms with Gasteiger partial charge in [-0.2, -0.15) is 13.2 Å². The van der Waals surface area contributed by atoms with Gasteiger partial charge in [-0.25, -0.2) is 0 Å². The lowest BCUT2D eigenvalue weighted by Gasteiger charge is -2.24. The lowest BCUT2D eigenvalue weighted by Crippen LogP contribution is -2.40. The van der Waals surface area contributed by atoms with Crippen molar-refractivity contribution in [1.82, 2.24) is 9.88 Å². The zero-order valence-corrected chi connectivity index (χ0v) is 13.1. The van der Waals surface area contributed by atoms with Gasteiger partial charge in [0.05, 0.1) is 19.1 Å². The van der Waals surface area contributed by atoms with Gasteiger partial charge in [-0.3, -0.25) is 4.79 Å². The molecule has 1 amide bonds. The molecule has 5 nitrogen and oxygen atoms in total. The third-order valence-corrected chi connectivity index (χ3v) is 3.60. The van der Waals surface area contributed by atoms with E-state index in [0.29, 0.717) is 5.52 Å². The average molecular weight is 344 g/mol. The first-order valence-corrected chi connectivity index (χ1v) is 7.44. The molecule has 24 heavy (non-hydrogen) atoms. The Balaban J connectivity index is 2.23. The molecule has 1 atom stereocenters. The van der Waals surface area contributed by atoms with E-state index in [9.17, 15) is 23.1 Å². The summed E-state index contributed by atoms with van der Waals surface area (Å²) in [6.07, 6.45) is -6.90. The van der Waals surface area contributed by atoms with Crippen LogP contribution in [0.2, 0.25) is 0 Å². The number of hydrogen-bond donors (Lipinski definition) is 3. The molecule has 0 spiro atoms. The number of aromatic nitrogens is 1. The molecule has 0 saturated carbocycles. The fraction of sp³-hybridized carbons (Fsp3) is 0.438. The van der Waals surface area contributed by atoms with Gasteiger partial charge in [-0.15, -0.1) is 0 Å². The van der Waals surface area contributed by atoms with Gasteiger partial charge in [0.25, 0.3) is 5.91 Å². The summed E-state index contributed by atoms with van der Waals surface area (Å²) in [4.78, 5) is 16.3. The van der Waals surface area contributed by atoms with Gasteiger partial charge in [0.15, 0.2) is 0 Å². The number of H-pyrrole nitrogens is 1. The van der Waals surface area contributed by atoms with Crippen molar-refractivity contribution in [2.24, 2.45) is 0 Å². The second-order valence-electron chi connectivity index (χ2n) is 5.73. The lowest BCUT2D eigenvalue weighted by molar-refractivity contribution is -0.137. The van der Waals surface area contributed by atoms with Crippen molar-refractivity contribution in [3.63, 3.8) is 0 Å². The molecule has 1 aromatic heterocycles. The first kappa shape index (κ1) is 18.3. The number of hydrogen-bond acceptors (Lipinski definition) is 3. The minimum absolute atomic E-state index is 0.142. The molecular weight excluding hydrogens is 325 g/mol. The normalized spacial score (nSPS) is 13.2. The second-order valence-corrected chi connectivity index (χ2v) is 5.73. The zero-order chi connectivity index (χ0) is 17.9. The largest absolute Gasteiger partial charge is 0.394 e. The summed E-state index contributed by atoms with van der Waals surface area (Å²) in [5.41, 5.74) is 1.83. The monoisotopic (exact) mass is 344 g/mol. The number of benzene rings is 1. The van der Waals surface area contributed by atoms with Crippen LogP contribution in [0, 0.1) is 6.92 Å². The summed E-state index contributed by atoms with van der Waals surface area (Å²) in [7, 11) is 0. The number of aliphatic hydroxyl groups is 2. The Morgan fingerprint density at radius 3 is 2.67 bits per heavy atom. The van der Waals surface area contributed by atoms with Crippen LogP contribution < -0.4 is 0 Å². The van der Waals surface area contributed by atoms with Crippen LogP contribution in [0.15, 0.2) is 24.3 Å². The number of alkyl halides is 3. The van der Waals surface area contributed by atoms with Crippen molar-refractivity contribution in [3.05, 3.63) is 35.5 Å². The first-order chi connectivity index (χ1) is 11.2. The van der Waals surface area contributed by atoms with Gasteiger partial charge in [0.1, 0.15) is 5.69 Å². The molecule has 2 aromatic rings. The van der Waals surface area contributed by atoms with Crippen LogP contribution in [-0.2, 0) is 0 Å². The standard InChI is InChI=1S/C16H19F3N2O3/c1-10-2-3-11-7-14(20-13(11)6-10)15(24)21(8-12(23)9-22)5-4-16(17,18)19/h2-3,6-7,12,20,22-23H,4-5,8-9H2,1H3/t12-/m0/s1. The predicted octanol–water partition coefficient (Wildman–Crippen LogP) is 2.22. The van der Waals surface area contributed by atoms with E-state index in [4.69, 9.17) is 5.11 Å². The van der Waals surface area contributed by atoms with Crippen LogP contribution in [0.5, 0.6) is 0 Å². The Labute approximate surface area is 136 Å². The first-order valence-electron chi connectivity index (χ1n) is 7.44. The van der Waals surface area contributed by atoms with Crippen molar-refractivity contribution in [3.8, 4) is 0 Å². The Morgan fingerprint density at radius 2 is 2.04 bits per heavy atom. The maximum Gasteiger partial charge on any atom is 0.390 e. The van der Waals surface area contributed by atoms with E-state index >= 15 is 0 Å². The molecule has 0 aliphatic heterocycles. The van der Waals surface area contributed by atoms with Crippen LogP contribution in [0.1, 0.15) is 22.5 Å². The van der Waals surface area contributed by atoms with E-state index in [2.05, 4.69) is 4.98 Å². The number of carbonyl (C=O) groups excluding carboxylic acids is 1. The Bertz CT molecular complexity index is 712. The highest BCUT2D eigenvalue weighted by Gasteiger charge is 2.30. The maximum atomic E-state index is 12.5. The summed E-state index contributed by atoms with van der Waals surface area (Å²) in [5.74, 6) is -0.652. The Hall–Kier alpha value is -2.06. The third-order valence-electron chi connectivity index (χ3n) is 3.60. The summed E-state index contributed by atoms with van der Waals surface area (Å²) >= 11 is 0. The number of carbonyl (C=O) groups is 1. The van der Waals surface area contributed by atoms with Gasteiger partial charge in [0, 0.05) is 24.0 Å². The average Bonchev–Trinajstić information content (AvgIpc) is 2.92. The molecular formula is C16H19F3N2O3. The second kappa shape index (κ2) is 7.23. The molecule has 0 aliphatic carbocycles. The summed E-state index contributed by atoms with van der Waals surface area (Å²) in [6, 6.07) is 7.06. The van der Waals surface area contributed by atoms with Crippen LogP contribution in [-0.4, -0.2) is 58.0 Å². The van der Waals surface area contributed by atoms with Crippen molar-refractivity contribution in [1.29, 1.82) is 0 Å². The van der Waals surface area contributed by atoms with E-state index in [0.717, 1.165) is 15.8 Å². The number of fused-ring (bicyclic) bond motifs is 1. The number of aryl methyl sites for hydroxylation is 1. The fourth-order valence-corrected chi connectivity index (χ4v) is 2.38. The number of nitrogens with zero attached hydrogens (tertiary/aromatic N) is 1. The van der Waals surface area contributed by atoms with Crippen molar-refractivity contribution in [2.75, 3.05) is 19.7 Å². The van der Waals surface area contributed by atoms with E-state index in [-0.39, 0.29) is 12.2 Å². The Morgan fingerprint density at radius 1 is 1.33 bits per heavy atom. The van der Waals surface area contributed by atoms with Gasteiger partial charge in [0.2, 0.25) is 0 Å². The number of amides is 1. The highest BCUT2D eigenvalue weighted by molar-refractivity contribution is 5.98. The summed E-state index contributed by atoms with van der Waals surface area (Å²) < 4.78 is 37.4. The fourth-order valence-electron chi connectivity index (χ4n) is 2.38. The lowest BCUT2D eigenvalue weighted by atomic mass is 10.2. The minimum Gasteiger partial charge on any atom is -0.394 e. The van der Waals surface area contributed by atoms with Crippen LogP contribution in [0.4, 0.5) is 13.2 Å². The molecule has 3 N–H and O–H groups in total. The van der Waals surface area contributed by atoms with Crippen molar-refractivity contribution in [2.45, 2.75) is 25.6 Å². The number of rotatable bonds is 6. The molecule has 1 heterocycles. The summed E-state index contributed by atoms with van der Waals surface area (Å²) in [5, 5.41) is 19.2. The number of aromatic amines is 1. The number of nitrogens with one attached hydrogen (secondary N) is 1. The number of halogens is 3. The molecule has 8 heteroatoms. The number of aliphatic hydroxyl groups excluding tert-OH is 2. The molecule has 0 fully saturated rings. The van der Waals surface area contributed by atoms with Crippen LogP contribution >= 0.6 is 0 Å². The molecule has 0 bridgehead atoms. The highest BCUT2D eigenvalue weighted by Crippen LogP contribution is 2.22. The predicted molar refractivity (Wildman–Crippen MR) is 82.7 cm³/mol. The zero-order valence-electron chi connectivity index (χ0n) is 13.1. The van der Waals surface area contributed by atoms with Crippen molar-refractivity contribution >= 4 is 16.8 Å². The van der Waals surface area contributed by atoms with Gasteiger partial charge in [-0.1, -0.05) is 12.1 Å². The van der Waals surface area contributed by atoms with Gasteiger partial charge in [-0.05, 0) is 24.6 Å². The van der Waals surface area contributed by atoms with Gasteiger partial charge < -0.3 is 20.1 Å². The third kappa shape index (κ3) is 4.72. The quantitative estimate of drug-likeness (QED) is 0.752. The molecule has 0 unspecified atom stereocenters. The van der Waals surface area contributed by atoms with E-state index in [1.54, 1.807) is 12.1 Å². The molecule has 0 saturated heterocycles. The molecule has 2 rings (SSSR count). The molecule has 132 valence electrons. The van der Waals surface area contributed by atoms with E-state index in [1.165, 1.54) is 0 Å². The SMILES string of the molecule is Cc1ccc2cc(C(=O)N(CCC(F)(F)F)C[C@H](O)CO)[nH]c2c1. The molecule has 0 radical (unpaired) electrons. The van der Waals surface area contributed by atoms with Gasteiger partial charge >= 0.3 is 6.18 Å². The smallest absolute Gasteiger partial charge is 0.390 e. The molecule has 0 aliphatic rings. The Kier molecular flexibility index (Phi) is 5.51. The van der Waals surface area contributed by atoms with Crippen molar-refractivity contribution < 1.29 is 28.2 Å². The van der Waals surface area contributed by atoms with E-state index < -0.39 is 37.8 Å². The topological polar surface area (TPSA) is 76.6 Å². The maximum absolute atomic E-state index is 12.5. The minimum atomic E-state index is -4.42. The van der Waals surface area contributed by atoms with Crippen LogP contribution in [0.25, 0.3) is 10.9 Å².